The number of H-pyrrole nitrogens is 1. The minimum Gasteiger partial charge on any atom is -0.344 e. The second kappa shape index (κ2) is 4.94. The quantitative estimate of drug-likeness (QED) is 0.867. The van der Waals surface area contributed by atoms with E-state index >= 15 is 0 Å². The maximum absolute atomic E-state index is 6.23. The molecule has 1 aromatic carbocycles. The molecule has 0 saturated heterocycles. The minimum absolute atomic E-state index is 0.152. The fraction of sp³-hybridized carbons (Fsp3) is 0.400. The van der Waals surface area contributed by atoms with Crippen molar-refractivity contribution in [3.63, 3.8) is 0 Å². The largest absolute Gasteiger partial charge is 0.344 e. The van der Waals surface area contributed by atoms with Crippen LogP contribution in [0.15, 0.2) is 36.5 Å². The Morgan fingerprint density at radius 2 is 1.89 bits per heavy atom. The van der Waals surface area contributed by atoms with Gasteiger partial charge in [-0.2, -0.15) is 0 Å². The second-order valence-electron chi connectivity index (χ2n) is 5.09. The number of nitrogens with zero attached hydrogens (tertiary/aromatic N) is 1. The van der Waals surface area contributed by atoms with Crippen LogP contribution in [0.3, 0.4) is 0 Å². The number of hydrogen-bond donors (Lipinski definition) is 2. The number of aromatic nitrogens is 2. The van der Waals surface area contributed by atoms with Crippen molar-refractivity contribution in [2.75, 3.05) is 0 Å². The molecule has 2 aromatic rings. The number of benzene rings is 1. The summed E-state index contributed by atoms with van der Waals surface area (Å²) in [6.45, 7) is 0. The van der Waals surface area contributed by atoms with E-state index in [4.69, 9.17) is 5.73 Å². The molecule has 0 aliphatic heterocycles. The molecule has 3 heteroatoms. The lowest BCUT2D eigenvalue weighted by Gasteiger charge is -2.09. The van der Waals surface area contributed by atoms with E-state index < -0.39 is 0 Å². The Labute approximate surface area is 107 Å². The standard InChI is InChI=1S/C15H19N3/c16-14(12-8-2-1-3-9-12)15-17-10-13(18-15)11-6-4-5-7-11/h1-3,8-11,14H,4-7,16H2,(H,17,18). The Kier molecular flexibility index (Phi) is 3.15. The summed E-state index contributed by atoms with van der Waals surface area (Å²) in [5.74, 6) is 1.54. The van der Waals surface area contributed by atoms with Gasteiger partial charge in [0.15, 0.2) is 0 Å². The Morgan fingerprint density at radius 3 is 2.61 bits per heavy atom. The van der Waals surface area contributed by atoms with Crippen LogP contribution in [0, 0.1) is 0 Å². The molecule has 94 valence electrons. The lowest BCUT2D eigenvalue weighted by Crippen LogP contribution is -2.13. The summed E-state index contributed by atoms with van der Waals surface area (Å²) in [7, 11) is 0. The molecule has 3 nitrogen and oxygen atoms in total. The number of hydrogen-bond acceptors (Lipinski definition) is 2. The second-order valence-corrected chi connectivity index (χ2v) is 5.09. The third-order valence-electron chi connectivity index (χ3n) is 3.86. The molecule has 0 bridgehead atoms. The molecule has 1 aromatic heterocycles. The Bertz CT molecular complexity index is 497. The molecule has 1 aliphatic carbocycles. The van der Waals surface area contributed by atoms with E-state index in [0.29, 0.717) is 5.92 Å². The number of nitrogens with one attached hydrogen (secondary N) is 1. The van der Waals surface area contributed by atoms with Crippen molar-refractivity contribution in [2.45, 2.75) is 37.6 Å². The van der Waals surface area contributed by atoms with Crippen molar-refractivity contribution < 1.29 is 0 Å². The molecule has 1 unspecified atom stereocenters. The highest BCUT2D eigenvalue weighted by atomic mass is 15.0. The van der Waals surface area contributed by atoms with Crippen LogP contribution in [0.5, 0.6) is 0 Å². The fourth-order valence-electron chi connectivity index (χ4n) is 2.77. The number of nitrogens with two attached hydrogens (primary N) is 1. The molecule has 0 amide bonds. The van der Waals surface area contributed by atoms with E-state index in [9.17, 15) is 0 Å². The summed E-state index contributed by atoms with van der Waals surface area (Å²) in [6, 6.07) is 9.96. The van der Waals surface area contributed by atoms with Gasteiger partial charge in [-0.05, 0) is 18.4 Å². The predicted octanol–water partition coefficient (Wildman–Crippen LogP) is 3.12. The molecular formula is C15H19N3. The molecular weight excluding hydrogens is 222 g/mol. The van der Waals surface area contributed by atoms with Crippen LogP contribution < -0.4 is 5.73 Å². The zero-order chi connectivity index (χ0) is 12.4. The normalized spacial score (nSPS) is 18.1. The lowest BCUT2D eigenvalue weighted by atomic mass is 10.1. The summed E-state index contributed by atoms with van der Waals surface area (Å²) >= 11 is 0. The molecule has 18 heavy (non-hydrogen) atoms. The van der Waals surface area contributed by atoms with Crippen LogP contribution in [0.4, 0.5) is 0 Å². The third kappa shape index (κ3) is 2.18. The number of rotatable bonds is 3. The van der Waals surface area contributed by atoms with Crippen molar-refractivity contribution in [1.29, 1.82) is 0 Å². The third-order valence-corrected chi connectivity index (χ3v) is 3.86. The Morgan fingerprint density at radius 1 is 1.17 bits per heavy atom. The summed E-state index contributed by atoms with van der Waals surface area (Å²) < 4.78 is 0. The Balaban J connectivity index is 1.80. The number of imidazole rings is 1. The predicted molar refractivity (Wildman–Crippen MR) is 72.3 cm³/mol. The zero-order valence-electron chi connectivity index (χ0n) is 10.5. The van der Waals surface area contributed by atoms with E-state index in [1.165, 1.54) is 31.4 Å². The van der Waals surface area contributed by atoms with E-state index in [0.717, 1.165) is 11.4 Å². The molecule has 3 rings (SSSR count). The van der Waals surface area contributed by atoms with E-state index in [1.54, 1.807) is 0 Å². The van der Waals surface area contributed by atoms with E-state index in [1.807, 2.05) is 36.5 Å². The van der Waals surface area contributed by atoms with Crippen LogP contribution in [0.25, 0.3) is 0 Å². The molecule has 0 radical (unpaired) electrons. The van der Waals surface area contributed by atoms with E-state index in [2.05, 4.69) is 9.97 Å². The van der Waals surface area contributed by atoms with Crippen molar-refractivity contribution in [2.24, 2.45) is 5.73 Å². The summed E-state index contributed by atoms with van der Waals surface area (Å²) in [4.78, 5) is 7.87. The Hall–Kier alpha value is -1.61. The average Bonchev–Trinajstić information content (AvgIpc) is 3.09. The van der Waals surface area contributed by atoms with Gasteiger partial charge >= 0.3 is 0 Å². The van der Waals surface area contributed by atoms with Crippen molar-refractivity contribution in [3.8, 4) is 0 Å². The first-order valence-electron chi connectivity index (χ1n) is 6.70. The first-order valence-corrected chi connectivity index (χ1v) is 6.70. The van der Waals surface area contributed by atoms with Gasteiger partial charge in [0.2, 0.25) is 0 Å². The fourth-order valence-corrected chi connectivity index (χ4v) is 2.77. The van der Waals surface area contributed by atoms with Gasteiger partial charge in [0.25, 0.3) is 0 Å². The van der Waals surface area contributed by atoms with Crippen LogP contribution in [-0.2, 0) is 0 Å². The van der Waals surface area contributed by atoms with Crippen LogP contribution in [0.1, 0.15) is 54.7 Å². The maximum atomic E-state index is 6.23. The molecule has 1 aliphatic rings. The topological polar surface area (TPSA) is 54.7 Å². The van der Waals surface area contributed by atoms with Gasteiger partial charge in [0.05, 0.1) is 6.04 Å². The smallest absolute Gasteiger partial charge is 0.127 e. The summed E-state index contributed by atoms with van der Waals surface area (Å²) in [6.07, 6.45) is 7.20. The lowest BCUT2D eigenvalue weighted by molar-refractivity contribution is 0.694. The molecule has 0 spiro atoms. The van der Waals surface area contributed by atoms with Crippen LogP contribution in [-0.4, -0.2) is 9.97 Å². The van der Waals surface area contributed by atoms with Crippen molar-refractivity contribution in [1.82, 2.24) is 9.97 Å². The highest BCUT2D eigenvalue weighted by Crippen LogP contribution is 2.33. The maximum Gasteiger partial charge on any atom is 0.127 e. The van der Waals surface area contributed by atoms with Gasteiger partial charge in [-0.25, -0.2) is 4.98 Å². The highest BCUT2D eigenvalue weighted by Gasteiger charge is 2.20. The van der Waals surface area contributed by atoms with Gasteiger partial charge in [-0.15, -0.1) is 0 Å². The summed E-state index contributed by atoms with van der Waals surface area (Å²) in [5, 5.41) is 0. The zero-order valence-corrected chi connectivity index (χ0v) is 10.5. The summed E-state index contributed by atoms with van der Waals surface area (Å²) in [5.41, 5.74) is 8.59. The van der Waals surface area contributed by atoms with Crippen LogP contribution >= 0.6 is 0 Å². The molecule has 1 fully saturated rings. The average molecular weight is 241 g/mol. The molecule has 1 saturated carbocycles. The molecule has 1 atom stereocenters. The highest BCUT2D eigenvalue weighted by molar-refractivity contribution is 5.25. The first kappa shape index (κ1) is 11.5. The van der Waals surface area contributed by atoms with Gasteiger partial charge in [0, 0.05) is 17.8 Å². The molecule has 3 N–H and O–H groups in total. The van der Waals surface area contributed by atoms with E-state index in [-0.39, 0.29) is 6.04 Å². The SMILES string of the molecule is NC(c1ccccc1)c1ncc(C2CCCC2)[nH]1. The first-order chi connectivity index (χ1) is 8.84. The van der Waals surface area contributed by atoms with Crippen molar-refractivity contribution >= 4 is 0 Å². The van der Waals surface area contributed by atoms with Gasteiger partial charge < -0.3 is 10.7 Å². The van der Waals surface area contributed by atoms with Crippen LogP contribution in [0.2, 0.25) is 0 Å². The van der Waals surface area contributed by atoms with Gasteiger partial charge in [0.1, 0.15) is 5.82 Å². The van der Waals surface area contributed by atoms with Crippen molar-refractivity contribution in [3.05, 3.63) is 53.6 Å². The molecule has 1 heterocycles. The number of aromatic amines is 1. The monoisotopic (exact) mass is 241 g/mol. The van der Waals surface area contributed by atoms with Gasteiger partial charge in [-0.3, -0.25) is 0 Å². The minimum atomic E-state index is -0.152. The van der Waals surface area contributed by atoms with Gasteiger partial charge in [-0.1, -0.05) is 43.2 Å².